The number of rotatable bonds is 2. The quantitative estimate of drug-likeness (QED) is 0.472. The molecule has 0 heterocycles. The van der Waals surface area contributed by atoms with E-state index in [4.69, 9.17) is 0 Å². The molecule has 68 valence electrons. The Labute approximate surface area is 80.3 Å². The maximum absolute atomic E-state index is 4.66. The second-order valence-electron chi connectivity index (χ2n) is 3.98. The lowest BCUT2D eigenvalue weighted by molar-refractivity contribution is 0.242. The summed E-state index contributed by atoms with van der Waals surface area (Å²) in [6, 6.07) is 0.469. The van der Waals surface area contributed by atoms with Crippen LogP contribution >= 0.6 is 12.2 Å². The molecule has 1 rings (SSSR count). The molecule has 0 spiro atoms. The van der Waals surface area contributed by atoms with Gasteiger partial charge >= 0.3 is 0 Å². The molecule has 0 N–H and O–H groups in total. The van der Waals surface area contributed by atoms with Crippen LogP contribution in [0.1, 0.15) is 39.5 Å². The van der Waals surface area contributed by atoms with E-state index in [9.17, 15) is 0 Å². The normalized spacial score (nSPS) is 29.9. The zero-order valence-electron chi connectivity index (χ0n) is 7.92. The predicted molar refractivity (Wildman–Crippen MR) is 55.6 cm³/mol. The van der Waals surface area contributed by atoms with Crippen molar-refractivity contribution in [1.82, 2.24) is 0 Å². The first-order chi connectivity index (χ1) is 5.75. The Hall–Kier alpha value is -0.200. The number of thiocarbonyl (C=S) groups is 1. The van der Waals surface area contributed by atoms with Gasteiger partial charge in [-0.1, -0.05) is 26.7 Å². The van der Waals surface area contributed by atoms with Crippen molar-refractivity contribution < 1.29 is 0 Å². The van der Waals surface area contributed by atoms with E-state index < -0.39 is 0 Å². The molecule has 0 aliphatic heterocycles. The van der Waals surface area contributed by atoms with Crippen LogP contribution < -0.4 is 0 Å². The summed E-state index contributed by atoms with van der Waals surface area (Å²) in [5.74, 6) is 1.48. The van der Waals surface area contributed by atoms with E-state index in [-0.39, 0.29) is 0 Å². The maximum Gasteiger partial charge on any atom is 0.0633 e. The van der Waals surface area contributed by atoms with Gasteiger partial charge in [-0.15, -0.1) is 0 Å². The van der Waals surface area contributed by atoms with E-state index in [0.29, 0.717) is 6.04 Å². The average Bonchev–Trinajstić information content (AvgIpc) is 2.05. The third-order valence-electron chi connectivity index (χ3n) is 2.86. The van der Waals surface area contributed by atoms with Crippen molar-refractivity contribution in [3.63, 3.8) is 0 Å². The maximum atomic E-state index is 4.66. The van der Waals surface area contributed by atoms with E-state index >= 15 is 0 Å². The summed E-state index contributed by atoms with van der Waals surface area (Å²) in [6.07, 6.45) is 5.22. The standard InChI is InChI=1S/C10H17NS/c1-8(2)9-5-3-4-6-10(9)11-7-12/h8-10H,3-6H2,1-2H3. The molecular formula is C10H17NS. The van der Waals surface area contributed by atoms with Gasteiger partial charge in [0.25, 0.3) is 0 Å². The van der Waals surface area contributed by atoms with Gasteiger partial charge in [0.15, 0.2) is 0 Å². The molecule has 0 radical (unpaired) electrons. The Morgan fingerprint density at radius 1 is 1.33 bits per heavy atom. The highest BCUT2D eigenvalue weighted by atomic mass is 32.1. The second-order valence-corrected chi connectivity index (χ2v) is 4.16. The van der Waals surface area contributed by atoms with E-state index in [2.05, 4.69) is 36.2 Å². The minimum absolute atomic E-state index is 0.469. The van der Waals surface area contributed by atoms with Crippen molar-refractivity contribution in [2.24, 2.45) is 16.8 Å². The first-order valence-corrected chi connectivity index (χ1v) is 5.23. The zero-order chi connectivity index (χ0) is 8.97. The fourth-order valence-corrected chi connectivity index (χ4v) is 2.28. The molecule has 0 aromatic rings. The first kappa shape index (κ1) is 9.88. The summed E-state index contributed by atoms with van der Waals surface area (Å²) < 4.78 is 0. The second kappa shape index (κ2) is 4.74. The van der Waals surface area contributed by atoms with E-state index in [0.717, 1.165) is 11.8 Å². The van der Waals surface area contributed by atoms with Crippen LogP contribution in [0.3, 0.4) is 0 Å². The highest BCUT2D eigenvalue weighted by Gasteiger charge is 2.26. The third kappa shape index (κ3) is 2.40. The Kier molecular flexibility index (Phi) is 3.90. The minimum Gasteiger partial charge on any atom is -0.229 e. The highest BCUT2D eigenvalue weighted by molar-refractivity contribution is 7.78. The smallest absolute Gasteiger partial charge is 0.0633 e. The fraction of sp³-hybridized carbons (Fsp3) is 0.900. The lowest BCUT2D eigenvalue weighted by atomic mass is 9.78. The molecule has 2 heteroatoms. The molecule has 1 fully saturated rings. The van der Waals surface area contributed by atoms with Gasteiger partial charge in [-0.25, -0.2) is 4.99 Å². The Bertz CT molecular complexity index is 182. The van der Waals surface area contributed by atoms with Crippen molar-refractivity contribution in [3.8, 4) is 0 Å². The number of aliphatic imine (C=N–C) groups is 1. The van der Waals surface area contributed by atoms with Gasteiger partial charge in [0, 0.05) is 0 Å². The van der Waals surface area contributed by atoms with Gasteiger partial charge in [-0.05, 0) is 36.9 Å². The van der Waals surface area contributed by atoms with Crippen molar-refractivity contribution in [3.05, 3.63) is 0 Å². The molecular weight excluding hydrogens is 166 g/mol. The molecule has 1 aliphatic rings. The van der Waals surface area contributed by atoms with Crippen LogP contribution in [0.4, 0.5) is 0 Å². The van der Waals surface area contributed by atoms with Crippen LogP contribution in [-0.2, 0) is 0 Å². The van der Waals surface area contributed by atoms with Gasteiger partial charge in [0.05, 0.1) is 11.2 Å². The molecule has 0 bridgehead atoms. The average molecular weight is 183 g/mol. The topological polar surface area (TPSA) is 12.4 Å². The summed E-state index contributed by atoms with van der Waals surface area (Å²) in [5, 5.41) is 2.53. The molecule has 1 aliphatic carbocycles. The molecule has 12 heavy (non-hydrogen) atoms. The molecule has 2 unspecified atom stereocenters. The van der Waals surface area contributed by atoms with Crippen LogP contribution in [0.15, 0.2) is 4.99 Å². The first-order valence-electron chi connectivity index (χ1n) is 4.82. The Morgan fingerprint density at radius 3 is 2.58 bits per heavy atom. The van der Waals surface area contributed by atoms with Crippen molar-refractivity contribution in [2.75, 3.05) is 0 Å². The lowest BCUT2D eigenvalue weighted by Crippen LogP contribution is -2.27. The van der Waals surface area contributed by atoms with Gasteiger partial charge < -0.3 is 0 Å². The van der Waals surface area contributed by atoms with Crippen molar-refractivity contribution in [2.45, 2.75) is 45.6 Å². The van der Waals surface area contributed by atoms with Crippen molar-refractivity contribution in [1.29, 1.82) is 0 Å². The Morgan fingerprint density at radius 2 is 2.00 bits per heavy atom. The lowest BCUT2D eigenvalue weighted by Gasteiger charge is -2.30. The zero-order valence-corrected chi connectivity index (χ0v) is 8.73. The van der Waals surface area contributed by atoms with Crippen LogP contribution in [0.5, 0.6) is 0 Å². The largest absolute Gasteiger partial charge is 0.229 e. The van der Waals surface area contributed by atoms with Gasteiger partial charge in [-0.2, -0.15) is 0 Å². The summed E-state index contributed by atoms with van der Waals surface area (Å²) in [6.45, 7) is 4.56. The minimum atomic E-state index is 0.469. The van der Waals surface area contributed by atoms with Gasteiger partial charge in [-0.3, -0.25) is 0 Å². The molecule has 0 amide bonds. The van der Waals surface area contributed by atoms with E-state index in [1.807, 2.05) is 0 Å². The van der Waals surface area contributed by atoms with Gasteiger partial charge in [0.2, 0.25) is 0 Å². The van der Waals surface area contributed by atoms with Gasteiger partial charge in [0.1, 0.15) is 0 Å². The number of hydrogen-bond acceptors (Lipinski definition) is 2. The monoisotopic (exact) mass is 183 g/mol. The molecule has 1 saturated carbocycles. The molecule has 0 saturated heterocycles. The van der Waals surface area contributed by atoms with Crippen LogP contribution in [-0.4, -0.2) is 11.2 Å². The summed E-state index contributed by atoms with van der Waals surface area (Å²) in [4.78, 5) is 4.25. The number of nitrogens with zero attached hydrogens (tertiary/aromatic N) is 1. The van der Waals surface area contributed by atoms with E-state index in [1.54, 1.807) is 0 Å². The highest BCUT2D eigenvalue weighted by Crippen LogP contribution is 2.31. The van der Waals surface area contributed by atoms with Crippen LogP contribution in [0.2, 0.25) is 0 Å². The molecule has 2 atom stereocenters. The predicted octanol–water partition coefficient (Wildman–Crippen LogP) is 3.30. The van der Waals surface area contributed by atoms with Crippen molar-refractivity contribution >= 4 is 17.4 Å². The number of isothiocyanates is 1. The van der Waals surface area contributed by atoms with E-state index in [1.165, 1.54) is 25.7 Å². The molecule has 1 nitrogen and oxygen atoms in total. The molecule has 0 aromatic heterocycles. The van der Waals surface area contributed by atoms with Crippen LogP contribution in [0.25, 0.3) is 0 Å². The summed E-state index contributed by atoms with van der Waals surface area (Å²) >= 11 is 4.66. The Balaban J connectivity index is 2.60. The molecule has 0 aromatic carbocycles. The fourth-order valence-electron chi connectivity index (χ4n) is 2.15. The third-order valence-corrected chi connectivity index (χ3v) is 2.96. The summed E-state index contributed by atoms with van der Waals surface area (Å²) in [5.41, 5.74) is 0. The van der Waals surface area contributed by atoms with Crippen LogP contribution in [0, 0.1) is 11.8 Å². The SMILES string of the molecule is CC(C)C1CCCCC1N=C=S. The number of hydrogen-bond donors (Lipinski definition) is 0. The summed E-state index contributed by atoms with van der Waals surface area (Å²) in [7, 11) is 0.